The number of rotatable bonds is 5. The molecule has 2 aliphatic rings. The fraction of sp³-hybridized carbons (Fsp3) is 0.280. The minimum atomic E-state index is -0.363. The van der Waals surface area contributed by atoms with Gasteiger partial charge in [0.1, 0.15) is 17.0 Å². The fourth-order valence-corrected chi connectivity index (χ4v) is 4.76. The number of benzene rings is 1. The van der Waals surface area contributed by atoms with Crippen molar-refractivity contribution in [2.45, 2.75) is 31.7 Å². The van der Waals surface area contributed by atoms with Crippen LogP contribution >= 0.6 is 23.8 Å². The number of fused-ring (bicyclic) bond motifs is 2. The Morgan fingerprint density at radius 1 is 1.26 bits per heavy atom. The number of carbonyl (C=O) groups excluding carboxylic acids is 1. The Bertz CT molecular complexity index is 1300. The van der Waals surface area contributed by atoms with Crippen LogP contribution in [-0.2, 0) is 17.6 Å². The maximum atomic E-state index is 14.6. The first kappa shape index (κ1) is 23.4. The molecule has 0 aliphatic heterocycles. The number of thiocarbonyl (C=S) groups is 1. The smallest absolute Gasteiger partial charge is 0.314 e. The van der Waals surface area contributed by atoms with Gasteiger partial charge in [-0.1, -0.05) is 23.7 Å². The molecule has 0 saturated heterocycles. The van der Waals surface area contributed by atoms with Gasteiger partial charge in [-0.15, -0.1) is 0 Å². The number of aromatic amines is 1. The van der Waals surface area contributed by atoms with E-state index in [9.17, 15) is 9.18 Å². The monoisotopic (exact) mass is 511 g/mol. The molecule has 180 valence electrons. The molecule has 0 radical (unpaired) electrons. The SMILES string of the molecule is CN(C(=O)C1CC1)c1c[nH+]c(NNC(=S)NC2c3cnccc3CCc3c(F)cccc32)c(Cl)c1. The summed E-state index contributed by atoms with van der Waals surface area (Å²) in [6.07, 6.45) is 8.45. The maximum absolute atomic E-state index is 14.6. The molecule has 0 spiro atoms. The number of nitrogens with one attached hydrogen (secondary N) is 4. The van der Waals surface area contributed by atoms with Crippen LogP contribution in [0.15, 0.2) is 48.9 Å². The molecule has 1 saturated carbocycles. The van der Waals surface area contributed by atoms with Crippen LogP contribution in [0.2, 0.25) is 5.02 Å². The molecule has 2 aromatic heterocycles. The summed E-state index contributed by atoms with van der Waals surface area (Å²) in [7, 11) is 1.74. The molecular formula is C25H25ClFN6OS+. The molecule has 10 heteroatoms. The van der Waals surface area contributed by atoms with E-state index in [0.29, 0.717) is 33.6 Å². The topological polar surface area (TPSA) is 83.4 Å². The number of pyridine rings is 2. The first-order valence-corrected chi connectivity index (χ1v) is 12.2. The van der Waals surface area contributed by atoms with Crippen LogP contribution in [0.25, 0.3) is 0 Å². The van der Waals surface area contributed by atoms with Crippen LogP contribution in [0.5, 0.6) is 0 Å². The third-order valence-electron chi connectivity index (χ3n) is 6.47. The third-order valence-corrected chi connectivity index (χ3v) is 6.98. The molecule has 1 amide bonds. The highest BCUT2D eigenvalue weighted by molar-refractivity contribution is 7.80. The predicted octanol–water partition coefficient (Wildman–Crippen LogP) is 3.74. The predicted molar refractivity (Wildman–Crippen MR) is 137 cm³/mol. The highest BCUT2D eigenvalue weighted by Crippen LogP contribution is 2.34. The lowest BCUT2D eigenvalue weighted by atomic mass is 9.96. The number of halogens is 2. The van der Waals surface area contributed by atoms with Crippen molar-refractivity contribution in [3.63, 3.8) is 0 Å². The van der Waals surface area contributed by atoms with E-state index in [4.69, 9.17) is 23.8 Å². The van der Waals surface area contributed by atoms with Crippen LogP contribution in [0.3, 0.4) is 0 Å². The van der Waals surface area contributed by atoms with Gasteiger partial charge < -0.3 is 10.2 Å². The average molecular weight is 512 g/mol. The molecule has 1 aromatic carbocycles. The lowest BCUT2D eigenvalue weighted by molar-refractivity contribution is -0.360. The lowest BCUT2D eigenvalue weighted by Gasteiger charge is -2.22. The van der Waals surface area contributed by atoms with Gasteiger partial charge in [-0.25, -0.2) is 14.8 Å². The third kappa shape index (κ3) is 4.92. The van der Waals surface area contributed by atoms with Crippen LogP contribution in [0.4, 0.5) is 15.9 Å². The highest BCUT2D eigenvalue weighted by atomic mass is 35.5. The van der Waals surface area contributed by atoms with Crippen molar-refractivity contribution < 1.29 is 14.2 Å². The summed E-state index contributed by atoms with van der Waals surface area (Å²) in [5, 5.41) is 3.99. The van der Waals surface area contributed by atoms with Crippen molar-refractivity contribution in [1.82, 2.24) is 15.7 Å². The van der Waals surface area contributed by atoms with Crippen molar-refractivity contribution in [1.29, 1.82) is 0 Å². The molecule has 2 aliphatic carbocycles. The van der Waals surface area contributed by atoms with Crippen LogP contribution in [0.1, 0.15) is 41.1 Å². The number of hydrogen-bond acceptors (Lipinski definition) is 4. The van der Waals surface area contributed by atoms with E-state index in [0.717, 1.165) is 36.0 Å². The van der Waals surface area contributed by atoms with Gasteiger partial charge in [-0.3, -0.25) is 9.78 Å². The number of hydrogen-bond donors (Lipinski definition) is 3. The van der Waals surface area contributed by atoms with Crippen LogP contribution in [0, 0.1) is 11.7 Å². The zero-order valence-corrected chi connectivity index (χ0v) is 20.6. The molecule has 7 nitrogen and oxygen atoms in total. The number of H-pyrrole nitrogens is 1. The average Bonchev–Trinajstić information content (AvgIpc) is 3.71. The van der Waals surface area contributed by atoms with Crippen LogP contribution < -0.4 is 26.1 Å². The van der Waals surface area contributed by atoms with Crippen molar-refractivity contribution in [2.75, 3.05) is 17.4 Å². The second kappa shape index (κ2) is 9.75. The molecule has 5 rings (SSSR count). The minimum Gasteiger partial charge on any atom is -0.349 e. The molecule has 4 N–H and O–H groups in total. The summed E-state index contributed by atoms with van der Waals surface area (Å²) in [5.41, 5.74) is 10.2. The largest absolute Gasteiger partial charge is 0.349 e. The quantitative estimate of drug-likeness (QED) is 0.357. The number of aryl methyl sites for hydroxylation is 1. The normalized spacial score (nSPS) is 16.4. The van der Waals surface area contributed by atoms with Gasteiger partial charge in [-0.2, -0.15) is 5.43 Å². The Balaban J connectivity index is 1.30. The number of hydrazine groups is 1. The summed E-state index contributed by atoms with van der Waals surface area (Å²) in [4.78, 5) is 21.3. The number of amides is 1. The second-order valence-electron chi connectivity index (χ2n) is 8.79. The zero-order valence-electron chi connectivity index (χ0n) is 19.1. The lowest BCUT2D eigenvalue weighted by Crippen LogP contribution is -2.42. The van der Waals surface area contributed by atoms with E-state index >= 15 is 0 Å². The van der Waals surface area contributed by atoms with Crippen molar-refractivity contribution in [2.24, 2.45) is 5.92 Å². The Morgan fingerprint density at radius 2 is 2.09 bits per heavy atom. The first-order valence-electron chi connectivity index (χ1n) is 11.4. The van der Waals surface area contributed by atoms with Crippen LogP contribution in [-0.4, -0.2) is 23.1 Å². The number of aromatic nitrogens is 2. The van der Waals surface area contributed by atoms with Gasteiger partial charge in [0.15, 0.2) is 0 Å². The number of anilines is 2. The Kier molecular flexibility index (Phi) is 6.53. The van der Waals surface area contributed by atoms with Gasteiger partial charge in [0.2, 0.25) is 11.0 Å². The van der Waals surface area contributed by atoms with Gasteiger partial charge in [0.05, 0.1) is 11.7 Å². The summed E-state index contributed by atoms with van der Waals surface area (Å²) in [6, 6.07) is 8.42. The van der Waals surface area contributed by atoms with Crippen molar-refractivity contribution >= 4 is 46.3 Å². The fourth-order valence-electron chi connectivity index (χ4n) is 4.38. The van der Waals surface area contributed by atoms with E-state index in [-0.39, 0.29) is 23.7 Å². The Morgan fingerprint density at radius 3 is 2.86 bits per heavy atom. The number of carbonyl (C=O) groups is 1. The molecule has 0 bridgehead atoms. The van der Waals surface area contributed by atoms with E-state index < -0.39 is 0 Å². The van der Waals surface area contributed by atoms with Gasteiger partial charge in [0.25, 0.3) is 0 Å². The summed E-state index contributed by atoms with van der Waals surface area (Å²) in [6.45, 7) is 0. The second-order valence-corrected chi connectivity index (χ2v) is 9.61. The highest BCUT2D eigenvalue weighted by Gasteiger charge is 2.33. The Labute approximate surface area is 213 Å². The van der Waals surface area contributed by atoms with Gasteiger partial charge in [-0.05, 0) is 72.8 Å². The van der Waals surface area contributed by atoms with E-state index in [1.165, 1.54) is 6.07 Å². The van der Waals surface area contributed by atoms with Crippen molar-refractivity contribution in [3.8, 4) is 0 Å². The molecule has 1 unspecified atom stereocenters. The molecule has 2 heterocycles. The van der Waals surface area contributed by atoms with E-state index in [1.807, 2.05) is 12.1 Å². The number of nitrogens with zero attached hydrogens (tertiary/aromatic N) is 2. The summed E-state index contributed by atoms with van der Waals surface area (Å²) < 4.78 is 14.6. The summed E-state index contributed by atoms with van der Waals surface area (Å²) >= 11 is 12.0. The summed E-state index contributed by atoms with van der Waals surface area (Å²) in [5.74, 6) is 0.470. The van der Waals surface area contributed by atoms with E-state index in [1.54, 1.807) is 42.7 Å². The first-order chi connectivity index (χ1) is 16.9. The molecule has 3 aromatic rings. The molecule has 1 fully saturated rings. The molecule has 35 heavy (non-hydrogen) atoms. The maximum Gasteiger partial charge on any atom is 0.314 e. The minimum absolute atomic E-state index is 0.0913. The van der Waals surface area contributed by atoms with E-state index in [2.05, 4.69) is 26.1 Å². The van der Waals surface area contributed by atoms with Crippen molar-refractivity contribution in [3.05, 3.63) is 82.0 Å². The van der Waals surface area contributed by atoms with Gasteiger partial charge >= 0.3 is 5.82 Å². The molecular weight excluding hydrogens is 487 g/mol. The standard InChI is InChI=1S/C25H24ClFN6OS/c1-33(24(34)15-5-6-15)16-11-20(26)23(29-12-16)31-32-25(35)30-22-18-3-2-4-21(27)17(18)8-7-14-9-10-28-13-19(14)22/h2-4,9-13,15,22H,5-8H2,1H3,(H,29,31)(H2,30,32,35)/p+1. The Hall–Kier alpha value is -3.30. The zero-order chi connectivity index (χ0) is 24.5. The molecule has 1 atom stereocenters. The van der Waals surface area contributed by atoms with Gasteiger partial charge in [0, 0.05) is 30.9 Å².